The highest BCUT2D eigenvalue weighted by molar-refractivity contribution is 6.36. The van der Waals surface area contributed by atoms with Crippen LogP contribution in [0.15, 0.2) is 34.4 Å². The number of rotatable bonds is 2. The van der Waals surface area contributed by atoms with Crippen molar-refractivity contribution in [2.45, 2.75) is 0 Å². The highest BCUT2D eigenvalue weighted by atomic mass is 35.5. The maximum atomic E-state index is 6.54. The van der Waals surface area contributed by atoms with Crippen molar-refractivity contribution in [1.29, 1.82) is 0 Å². The molecular weight excluding hydrogens is 284 g/mol. The van der Waals surface area contributed by atoms with Crippen LogP contribution >= 0.6 is 11.6 Å². The molecule has 3 rings (SSSR count). The summed E-state index contributed by atoms with van der Waals surface area (Å²) in [5.74, 6) is 0. The molecule has 1 aliphatic carbocycles. The second-order valence-electron chi connectivity index (χ2n) is 5.37. The third-order valence-electron chi connectivity index (χ3n) is 3.58. The first-order chi connectivity index (χ1) is 9.97. The maximum absolute atomic E-state index is 6.54. The van der Waals surface area contributed by atoms with Gasteiger partial charge in [-0.2, -0.15) is 0 Å². The molecule has 2 aromatic rings. The third-order valence-corrected chi connectivity index (χ3v) is 3.99. The molecule has 21 heavy (non-hydrogen) atoms. The van der Waals surface area contributed by atoms with E-state index in [-0.39, 0.29) is 0 Å². The van der Waals surface area contributed by atoms with Gasteiger partial charge in [-0.05, 0) is 36.8 Å². The second kappa shape index (κ2) is 5.01. The van der Waals surface area contributed by atoms with E-state index in [0.717, 1.165) is 38.4 Å². The van der Waals surface area contributed by atoms with Crippen LogP contribution < -0.4 is 5.42 Å². The highest BCUT2D eigenvalue weighted by Crippen LogP contribution is 2.30. The number of halogens is 1. The molecule has 0 fully saturated rings. The monoisotopic (exact) mass is 300 g/mol. The molecule has 0 unspecified atom stereocenters. The van der Waals surface area contributed by atoms with Crippen molar-refractivity contribution in [1.82, 2.24) is 4.90 Å². The van der Waals surface area contributed by atoms with Crippen LogP contribution in [0.5, 0.6) is 0 Å². The van der Waals surface area contributed by atoms with Gasteiger partial charge in [-0.1, -0.05) is 12.5 Å². The SMILES string of the molecule is C=[N+](C)[c-]1cc[c+]2c(Cl)c3c(oc2c1)=CC(N(C)C)=C[CH-]3. The quantitative estimate of drug-likeness (QED) is 0.482. The van der Waals surface area contributed by atoms with Crippen molar-refractivity contribution in [3.8, 4) is 0 Å². The number of hydrogen-bond donors (Lipinski definition) is 0. The summed E-state index contributed by atoms with van der Waals surface area (Å²) >= 11 is 6.54. The Morgan fingerprint density at radius 3 is 2.90 bits per heavy atom. The minimum absolute atomic E-state index is 0.717. The number of benzene rings is 1. The number of hydrogen-bond acceptors (Lipinski definition) is 2. The lowest BCUT2D eigenvalue weighted by atomic mass is 10.0. The molecule has 0 saturated heterocycles. The topological polar surface area (TPSA) is 19.4 Å². The second-order valence-corrected chi connectivity index (χ2v) is 5.75. The van der Waals surface area contributed by atoms with Gasteiger partial charge in [-0.25, -0.2) is 0 Å². The summed E-state index contributed by atoms with van der Waals surface area (Å²) in [7, 11) is 5.90. The Morgan fingerprint density at radius 2 is 2.24 bits per heavy atom. The Bertz CT molecular complexity index is 844. The molecule has 108 valence electrons. The fourth-order valence-corrected chi connectivity index (χ4v) is 2.64. The van der Waals surface area contributed by atoms with E-state index < -0.39 is 0 Å². The van der Waals surface area contributed by atoms with Crippen LogP contribution in [-0.2, 0) is 0 Å². The first-order valence-electron chi connectivity index (χ1n) is 6.68. The van der Waals surface area contributed by atoms with Crippen LogP contribution in [-0.4, -0.2) is 37.3 Å². The van der Waals surface area contributed by atoms with Gasteiger partial charge < -0.3 is 9.32 Å². The van der Waals surface area contributed by atoms with Gasteiger partial charge in [0.25, 0.3) is 0 Å². The Labute approximate surface area is 129 Å². The summed E-state index contributed by atoms with van der Waals surface area (Å²) in [6.45, 7) is 3.89. The molecule has 0 saturated carbocycles. The highest BCUT2D eigenvalue weighted by Gasteiger charge is 2.11. The molecule has 1 aromatic carbocycles. The molecule has 0 spiro atoms. The molecule has 3 nitrogen and oxygen atoms in total. The first kappa shape index (κ1) is 13.8. The van der Waals surface area contributed by atoms with Gasteiger partial charge in [0.1, 0.15) is 12.6 Å². The summed E-state index contributed by atoms with van der Waals surface area (Å²) < 4.78 is 7.84. The van der Waals surface area contributed by atoms with Crippen molar-refractivity contribution < 1.29 is 8.99 Å². The number of nitrogens with zero attached hydrogens (tertiary/aromatic N) is 2. The molecule has 0 aliphatic heterocycles. The molecule has 4 heteroatoms. The molecule has 0 radical (unpaired) electrons. The maximum Gasteiger partial charge on any atom is 0.201 e. The minimum Gasteiger partial charge on any atom is -0.521 e. The molecule has 0 amide bonds. The van der Waals surface area contributed by atoms with Crippen LogP contribution in [0.2, 0.25) is 5.02 Å². The summed E-state index contributed by atoms with van der Waals surface area (Å²) in [4.78, 5) is 2.03. The summed E-state index contributed by atoms with van der Waals surface area (Å²) in [5.41, 5.74) is 4.52. The van der Waals surface area contributed by atoms with E-state index in [9.17, 15) is 0 Å². The van der Waals surface area contributed by atoms with Crippen molar-refractivity contribution >= 4 is 41.1 Å². The van der Waals surface area contributed by atoms with E-state index >= 15 is 0 Å². The van der Waals surface area contributed by atoms with Crippen LogP contribution in [0.4, 0.5) is 5.69 Å². The lowest BCUT2D eigenvalue weighted by Crippen LogP contribution is -2.19. The van der Waals surface area contributed by atoms with Gasteiger partial charge in [0.2, 0.25) is 5.69 Å². The van der Waals surface area contributed by atoms with E-state index in [1.807, 2.05) is 62.8 Å². The minimum atomic E-state index is 0.717. The molecular formula is C17H17ClN2O. The zero-order chi connectivity index (χ0) is 15.1. The fourth-order valence-electron chi connectivity index (χ4n) is 2.33. The Balaban J connectivity index is 2.28. The van der Waals surface area contributed by atoms with Crippen molar-refractivity contribution in [2.75, 3.05) is 21.1 Å². The van der Waals surface area contributed by atoms with Gasteiger partial charge >= 0.3 is 0 Å². The molecule has 0 N–H and O–H groups in total. The average molecular weight is 301 g/mol. The van der Waals surface area contributed by atoms with E-state index in [0.29, 0.717) is 0 Å². The standard InChI is InChI=1S/C17H17ClN2O/c1-19(2)11-5-7-13-15(9-11)21-16-10-12(20(3)4)6-8-14(16)17(13)18/h5-10H,1H2,2-4H3. The van der Waals surface area contributed by atoms with Crippen molar-refractivity contribution in [3.63, 3.8) is 0 Å². The predicted molar refractivity (Wildman–Crippen MR) is 87.9 cm³/mol. The summed E-state index contributed by atoms with van der Waals surface area (Å²) in [6, 6.07) is 5.91. The normalized spacial score (nSPS) is 13.0. The van der Waals surface area contributed by atoms with Gasteiger partial charge in [0.05, 0.1) is 12.1 Å². The van der Waals surface area contributed by atoms with E-state index in [1.165, 1.54) is 0 Å². The van der Waals surface area contributed by atoms with E-state index in [2.05, 4.69) is 6.72 Å². The number of fused-ring (bicyclic) bond motifs is 2. The van der Waals surface area contributed by atoms with Gasteiger partial charge in [-0.3, -0.25) is 4.58 Å². The summed E-state index contributed by atoms with van der Waals surface area (Å²) in [6.07, 6.45) is 6.03. The smallest absolute Gasteiger partial charge is 0.201 e. The van der Waals surface area contributed by atoms with Gasteiger partial charge in [-0.15, -0.1) is 17.7 Å². The molecule has 0 bridgehead atoms. The fraction of sp³-hybridized carbons (Fsp3) is 0.176. The zero-order valence-corrected chi connectivity index (χ0v) is 13.1. The Kier molecular flexibility index (Phi) is 3.30. The molecule has 1 aliphatic rings. The van der Waals surface area contributed by atoms with Crippen LogP contribution in [0.3, 0.4) is 0 Å². The zero-order valence-electron chi connectivity index (χ0n) is 12.4. The van der Waals surface area contributed by atoms with Crippen LogP contribution in [0.1, 0.15) is 5.56 Å². The molecule has 1 heterocycles. The largest absolute Gasteiger partial charge is 0.521 e. The molecule has 0 atom stereocenters. The number of allylic oxidation sites excluding steroid dienone is 2. The first-order valence-corrected chi connectivity index (χ1v) is 7.06. The van der Waals surface area contributed by atoms with E-state index in [1.54, 1.807) is 4.58 Å². The van der Waals surface area contributed by atoms with Crippen LogP contribution in [0, 0.1) is 6.42 Å². The molecule has 1 aromatic heterocycles. The predicted octanol–water partition coefficient (Wildman–Crippen LogP) is 3.13. The van der Waals surface area contributed by atoms with E-state index in [4.69, 9.17) is 16.0 Å². The summed E-state index contributed by atoms with van der Waals surface area (Å²) in [5, 5.41) is 1.63. The van der Waals surface area contributed by atoms with Gasteiger partial charge in [0.15, 0.2) is 0 Å². The lowest BCUT2D eigenvalue weighted by Gasteiger charge is -2.23. The van der Waals surface area contributed by atoms with Gasteiger partial charge in [0, 0.05) is 17.2 Å². The van der Waals surface area contributed by atoms with Crippen LogP contribution in [0.25, 0.3) is 17.0 Å². The van der Waals surface area contributed by atoms with Crippen molar-refractivity contribution in [2.24, 2.45) is 0 Å². The average Bonchev–Trinajstić information content (AvgIpc) is 2.46. The van der Waals surface area contributed by atoms with Crippen molar-refractivity contribution in [3.05, 3.63) is 52.4 Å². The third kappa shape index (κ3) is 2.34. The lowest BCUT2D eigenvalue weighted by molar-refractivity contribution is -0.394. The Morgan fingerprint density at radius 1 is 1.48 bits per heavy atom. The Hall–Kier alpha value is -2.13.